The van der Waals surface area contributed by atoms with Gasteiger partial charge in [0.1, 0.15) is 0 Å². The fraction of sp³-hybridized carbons (Fsp3) is 0.381. The molecule has 6 heteroatoms. The summed E-state index contributed by atoms with van der Waals surface area (Å²) in [4.78, 5) is 12.3. The van der Waals surface area contributed by atoms with E-state index in [0.29, 0.717) is 13.0 Å². The first-order chi connectivity index (χ1) is 11.9. The molecule has 0 aliphatic heterocycles. The second-order valence-corrected chi connectivity index (χ2v) is 7.17. The van der Waals surface area contributed by atoms with Gasteiger partial charge in [0.25, 0.3) is 0 Å². The van der Waals surface area contributed by atoms with E-state index in [2.05, 4.69) is 43.5 Å². The van der Waals surface area contributed by atoms with Crippen molar-refractivity contribution < 1.29 is 4.79 Å². The first kappa shape index (κ1) is 25.4. The van der Waals surface area contributed by atoms with Gasteiger partial charge in [-0.15, -0.1) is 24.8 Å². The van der Waals surface area contributed by atoms with Crippen LogP contribution in [0.1, 0.15) is 37.9 Å². The van der Waals surface area contributed by atoms with Crippen LogP contribution >= 0.6 is 24.8 Å². The minimum atomic E-state index is -0.537. The molecule has 0 heterocycles. The van der Waals surface area contributed by atoms with Crippen LogP contribution in [0.25, 0.3) is 0 Å². The van der Waals surface area contributed by atoms with Crippen LogP contribution < -0.4 is 16.4 Å². The molecular formula is C21H31Cl2N3O. The van der Waals surface area contributed by atoms with Gasteiger partial charge in [-0.3, -0.25) is 4.79 Å². The molecule has 0 fully saturated rings. The SMILES string of the molecule is CC(NC(C)(C)CNC(=O)C(N)Cc1ccccc1)c1ccccc1.Cl.Cl. The van der Waals surface area contributed by atoms with Crippen LogP contribution in [0.4, 0.5) is 0 Å². The van der Waals surface area contributed by atoms with E-state index < -0.39 is 6.04 Å². The highest BCUT2D eigenvalue weighted by molar-refractivity contribution is 5.85. The molecule has 2 unspecified atom stereocenters. The second kappa shape index (κ2) is 12.0. The standard InChI is InChI=1S/C21H29N3O.2ClH/c1-16(18-12-8-5-9-13-18)24-21(2,3)15-23-20(25)19(22)14-17-10-6-4-7-11-17;;/h4-13,16,19,24H,14-15,22H2,1-3H3,(H,23,25);2*1H. The van der Waals surface area contributed by atoms with Crippen LogP contribution in [0.2, 0.25) is 0 Å². The van der Waals surface area contributed by atoms with Gasteiger partial charge < -0.3 is 16.4 Å². The summed E-state index contributed by atoms with van der Waals surface area (Å²) in [6.07, 6.45) is 0.543. The molecule has 0 radical (unpaired) electrons. The zero-order valence-electron chi connectivity index (χ0n) is 16.1. The van der Waals surface area contributed by atoms with Crippen LogP contribution in [0.5, 0.6) is 0 Å². The third-order valence-corrected chi connectivity index (χ3v) is 4.25. The number of hydrogen-bond donors (Lipinski definition) is 3. The molecule has 1 amide bonds. The average molecular weight is 412 g/mol. The third kappa shape index (κ3) is 8.76. The Kier molecular flexibility index (Phi) is 11.3. The fourth-order valence-electron chi connectivity index (χ4n) is 2.86. The van der Waals surface area contributed by atoms with Crippen molar-refractivity contribution in [2.24, 2.45) is 5.73 Å². The van der Waals surface area contributed by atoms with Crippen molar-refractivity contribution in [2.45, 2.75) is 44.8 Å². The monoisotopic (exact) mass is 411 g/mol. The summed E-state index contributed by atoms with van der Waals surface area (Å²) in [6, 6.07) is 19.8. The van der Waals surface area contributed by atoms with Gasteiger partial charge >= 0.3 is 0 Å². The number of nitrogens with one attached hydrogen (secondary N) is 2. The second-order valence-electron chi connectivity index (χ2n) is 7.17. The van der Waals surface area contributed by atoms with Gasteiger partial charge in [0, 0.05) is 18.1 Å². The van der Waals surface area contributed by atoms with Gasteiger partial charge in [0.05, 0.1) is 6.04 Å². The minimum absolute atomic E-state index is 0. The summed E-state index contributed by atoms with van der Waals surface area (Å²) in [7, 11) is 0. The molecule has 2 atom stereocenters. The van der Waals surface area contributed by atoms with Crippen molar-refractivity contribution >= 4 is 30.7 Å². The van der Waals surface area contributed by atoms with Gasteiger partial charge in [0.15, 0.2) is 0 Å². The zero-order chi connectivity index (χ0) is 18.3. The number of nitrogens with two attached hydrogens (primary N) is 1. The summed E-state index contributed by atoms with van der Waals surface area (Å²) in [5.74, 6) is -0.119. The third-order valence-electron chi connectivity index (χ3n) is 4.25. The molecule has 0 spiro atoms. The number of amides is 1. The topological polar surface area (TPSA) is 67.1 Å². The molecule has 0 aliphatic rings. The van der Waals surface area contributed by atoms with Crippen molar-refractivity contribution in [3.8, 4) is 0 Å². The first-order valence-corrected chi connectivity index (χ1v) is 8.77. The molecule has 0 aliphatic carbocycles. The Morgan fingerprint density at radius 3 is 2.07 bits per heavy atom. The molecule has 2 aromatic rings. The summed E-state index contributed by atoms with van der Waals surface area (Å²) in [6.45, 7) is 6.80. The maximum atomic E-state index is 12.3. The van der Waals surface area contributed by atoms with Crippen molar-refractivity contribution in [3.05, 3.63) is 71.8 Å². The van der Waals surface area contributed by atoms with Gasteiger partial charge in [-0.05, 0) is 38.3 Å². The Bertz CT molecular complexity index is 666. The highest BCUT2D eigenvalue weighted by atomic mass is 35.5. The lowest BCUT2D eigenvalue weighted by atomic mass is 10.0. The molecular weight excluding hydrogens is 381 g/mol. The maximum absolute atomic E-state index is 12.3. The van der Waals surface area contributed by atoms with E-state index in [1.54, 1.807) is 0 Å². The van der Waals surface area contributed by atoms with E-state index in [-0.39, 0.29) is 42.3 Å². The number of hydrogen-bond acceptors (Lipinski definition) is 3. The fourth-order valence-corrected chi connectivity index (χ4v) is 2.86. The number of benzene rings is 2. The van der Waals surface area contributed by atoms with Crippen LogP contribution in [-0.4, -0.2) is 24.0 Å². The van der Waals surface area contributed by atoms with Gasteiger partial charge in [-0.25, -0.2) is 0 Å². The molecule has 27 heavy (non-hydrogen) atoms. The minimum Gasteiger partial charge on any atom is -0.353 e. The normalized spacial score (nSPS) is 12.9. The summed E-state index contributed by atoms with van der Waals surface area (Å²) >= 11 is 0. The quantitative estimate of drug-likeness (QED) is 0.620. The smallest absolute Gasteiger partial charge is 0.237 e. The van der Waals surface area contributed by atoms with Crippen LogP contribution in [0, 0.1) is 0 Å². The molecule has 4 nitrogen and oxygen atoms in total. The van der Waals surface area contributed by atoms with E-state index in [1.807, 2.05) is 48.5 Å². The van der Waals surface area contributed by atoms with E-state index in [0.717, 1.165) is 5.56 Å². The molecule has 0 saturated heterocycles. The van der Waals surface area contributed by atoms with Crippen molar-refractivity contribution in [3.63, 3.8) is 0 Å². The lowest BCUT2D eigenvalue weighted by molar-refractivity contribution is -0.122. The largest absolute Gasteiger partial charge is 0.353 e. The van der Waals surface area contributed by atoms with E-state index in [9.17, 15) is 4.79 Å². The van der Waals surface area contributed by atoms with Crippen LogP contribution in [0.15, 0.2) is 60.7 Å². The molecule has 150 valence electrons. The lowest BCUT2D eigenvalue weighted by Gasteiger charge is -2.31. The lowest BCUT2D eigenvalue weighted by Crippen LogP contribution is -2.52. The highest BCUT2D eigenvalue weighted by Gasteiger charge is 2.23. The van der Waals surface area contributed by atoms with Crippen molar-refractivity contribution in [1.82, 2.24) is 10.6 Å². The Morgan fingerprint density at radius 1 is 1.00 bits per heavy atom. The average Bonchev–Trinajstić information content (AvgIpc) is 2.61. The Balaban J connectivity index is 0.00000338. The Hall–Kier alpha value is -1.59. The van der Waals surface area contributed by atoms with Crippen LogP contribution in [-0.2, 0) is 11.2 Å². The predicted octanol–water partition coefficient (Wildman–Crippen LogP) is 3.65. The van der Waals surface area contributed by atoms with Crippen molar-refractivity contribution in [1.29, 1.82) is 0 Å². The Labute approximate surface area is 175 Å². The first-order valence-electron chi connectivity index (χ1n) is 8.77. The Morgan fingerprint density at radius 2 is 1.52 bits per heavy atom. The molecule has 0 saturated carbocycles. The predicted molar refractivity (Wildman–Crippen MR) is 118 cm³/mol. The number of rotatable bonds is 8. The van der Waals surface area contributed by atoms with E-state index in [4.69, 9.17) is 5.73 Å². The summed E-state index contributed by atoms with van der Waals surface area (Å²) < 4.78 is 0. The van der Waals surface area contributed by atoms with E-state index in [1.165, 1.54) is 5.56 Å². The number of carbonyl (C=O) groups excluding carboxylic acids is 1. The van der Waals surface area contributed by atoms with E-state index >= 15 is 0 Å². The molecule has 2 rings (SSSR count). The number of halogens is 2. The van der Waals surface area contributed by atoms with Gasteiger partial charge in [-0.2, -0.15) is 0 Å². The summed E-state index contributed by atoms with van der Waals surface area (Å²) in [5, 5.41) is 6.53. The molecule has 2 aromatic carbocycles. The number of carbonyl (C=O) groups is 1. The maximum Gasteiger partial charge on any atom is 0.237 e. The van der Waals surface area contributed by atoms with Crippen molar-refractivity contribution in [2.75, 3.05) is 6.54 Å². The molecule has 4 N–H and O–H groups in total. The molecule has 0 bridgehead atoms. The highest BCUT2D eigenvalue weighted by Crippen LogP contribution is 2.15. The van der Waals surface area contributed by atoms with Gasteiger partial charge in [-0.1, -0.05) is 60.7 Å². The van der Waals surface area contributed by atoms with Gasteiger partial charge in [0.2, 0.25) is 5.91 Å². The molecule has 0 aromatic heterocycles. The summed E-state index contributed by atoms with van der Waals surface area (Å²) in [5.41, 5.74) is 8.09. The van der Waals surface area contributed by atoms with Crippen LogP contribution in [0.3, 0.4) is 0 Å². The zero-order valence-corrected chi connectivity index (χ0v) is 17.8.